The van der Waals surface area contributed by atoms with Crippen LogP contribution in [0.25, 0.3) is 11.1 Å². The van der Waals surface area contributed by atoms with Crippen LogP contribution >= 0.6 is 0 Å². The molecule has 1 aliphatic heterocycles. The molecule has 128 valence electrons. The molecule has 0 unspecified atom stereocenters. The predicted octanol–water partition coefficient (Wildman–Crippen LogP) is 3.30. The van der Waals surface area contributed by atoms with Gasteiger partial charge in [0.05, 0.1) is 11.3 Å². The highest BCUT2D eigenvalue weighted by Gasteiger charge is 2.42. The van der Waals surface area contributed by atoms with Gasteiger partial charge in [-0.1, -0.05) is 12.5 Å². The van der Waals surface area contributed by atoms with Crippen molar-refractivity contribution in [3.8, 4) is 0 Å². The fourth-order valence-corrected chi connectivity index (χ4v) is 3.81. The second-order valence-corrected chi connectivity index (χ2v) is 7.03. The summed E-state index contributed by atoms with van der Waals surface area (Å²) in [4.78, 5) is 18.7. The van der Waals surface area contributed by atoms with Crippen LogP contribution in [0, 0.1) is 12.8 Å². The maximum Gasteiger partial charge on any atom is 0.321 e. The molecule has 0 radical (unpaired) electrons. The van der Waals surface area contributed by atoms with Gasteiger partial charge in [0, 0.05) is 20.0 Å². The highest BCUT2D eigenvalue weighted by molar-refractivity contribution is 5.98. The number of nitrogens with one attached hydrogen (secondary N) is 1. The maximum atomic E-state index is 12.6. The van der Waals surface area contributed by atoms with E-state index < -0.39 is 5.60 Å². The van der Waals surface area contributed by atoms with Crippen molar-refractivity contribution in [2.24, 2.45) is 5.92 Å². The Bertz CT molecular complexity index is 758. The number of piperidine rings is 1. The molecule has 0 atom stereocenters. The summed E-state index contributed by atoms with van der Waals surface area (Å²) in [7, 11) is 0. The van der Waals surface area contributed by atoms with E-state index >= 15 is 0 Å². The van der Waals surface area contributed by atoms with Crippen LogP contribution < -0.4 is 5.32 Å². The number of benzene rings is 1. The van der Waals surface area contributed by atoms with E-state index in [9.17, 15) is 9.90 Å². The Balaban J connectivity index is 1.43. The number of urea groups is 1. The number of hydrogen-bond donors (Lipinski definition) is 2. The molecule has 2 aromatic rings. The summed E-state index contributed by atoms with van der Waals surface area (Å²) >= 11 is 0. The standard InChI is InChI=1S/C18H23N3O3/c1-12-19-16-14(6-3-7-15(16)24-12)20-17(22)21-10-8-18(23,9-11-21)13-4-2-5-13/h3,6-7,13,23H,2,4-5,8-11H2,1H3,(H,20,22). The third kappa shape index (κ3) is 2.65. The van der Waals surface area contributed by atoms with Crippen LogP contribution in [0.5, 0.6) is 0 Å². The number of para-hydroxylation sites is 1. The SMILES string of the molecule is Cc1nc2c(NC(=O)N3CCC(O)(C4CCC4)CC3)cccc2o1. The Morgan fingerprint density at radius 3 is 2.79 bits per heavy atom. The molecule has 2 amide bonds. The first-order chi connectivity index (χ1) is 11.5. The zero-order chi connectivity index (χ0) is 16.7. The fraction of sp³-hybridized carbons (Fsp3) is 0.556. The molecule has 1 saturated carbocycles. The first kappa shape index (κ1) is 15.4. The van der Waals surface area contributed by atoms with Gasteiger partial charge in [-0.05, 0) is 43.7 Å². The summed E-state index contributed by atoms with van der Waals surface area (Å²) in [6.45, 7) is 2.97. The quantitative estimate of drug-likeness (QED) is 0.886. The van der Waals surface area contributed by atoms with Gasteiger partial charge >= 0.3 is 6.03 Å². The molecule has 1 aliphatic carbocycles. The van der Waals surface area contributed by atoms with Gasteiger partial charge < -0.3 is 19.7 Å². The van der Waals surface area contributed by atoms with Crippen molar-refractivity contribution in [3.05, 3.63) is 24.1 Å². The van der Waals surface area contributed by atoms with Crippen LogP contribution in [0.2, 0.25) is 0 Å². The van der Waals surface area contributed by atoms with Crippen LogP contribution in [-0.4, -0.2) is 39.7 Å². The molecule has 0 spiro atoms. The minimum Gasteiger partial charge on any atom is -0.441 e. The van der Waals surface area contributed by atoms with Crippen molar-refractivity contribution in [3.63, 3.8) is 0 Å². The lowest BCUT2D eigenvalue weighted by Crippen LogP contribution is -2.52. The molecule has 1 aromatic heterocycles. The molecule has 6 nitrogen and oxygen atoms in total. The third-order valence-corrected chi connectivity index (χ3v) is 5.55. The zero-order valence-corrected chi connectivity index (χ0v) is 13.9. The minimum atomic E-state index is -0.571. The lowest BCUT2D eigenvalue weighted by Gasteiger charge is -2.46. The normalized spacial score (nSPS) is 20.8. The van der Waals surface area contributed by atoms with Gasteiger partial charge in [-0.3, -0.25) is 0 Å². The second kappa shape index (κ2) is 5.77. The van der Waals surface area contributed by atoms with E-state index in [0.717, 1.165) is 12.8 Å². The van der Waals surface area contributed by atoms with Crippen molar-refractivity contribution in [2.45, 2.75) is 44.6 Å². The Hall–Kier alpha value is -2.08. The van der Waals surface area contributed by atoms with E-state index in [4.69, 9.17) is 4.42 Å². The number of hydrogen-bond acceptors (Lipinski definition) is 4. The van der Waals surface area contributed by atoms with E-state index in [-0.39, 0.29) is 6.03 Å². The number of amides is 2. The number of carbonyl (C=O) groups is 1. The third-order valence-electron chi connectivity index (χ3n) is 5.55. The number of likely N-dealkylation sites (tertiary alicyclic amines) is 1. The minimum absolute atomic E-state index is 0.140. The molecule has 24 heavy (non-hydrogen) atoms. The lowest BCUT2D eigenvalue weighted by molar-refractivity contribution is -0.0845. The molecule has 2 N–H and O–H groups in total. The van der Waals surface area contributed by atoms with Crippen LogP contribution in [0.1, 0.15) is 38.0 Å². The number of carbonyl (C=O) groups excluding carboxylic acids is 1. The molecular weight excluding hydrogens is 306 g/mol. The van der Waals surface area contributed by atoms with E-state index in [2.05, 4.69) is 10.3 Å². The number of aliphatic hydroxyl groups is 1. The molecular formula is C18H23N3O3. The molecule has 6 heteroatoms. The summed E-state index contributed by atoms with van der Waals surface area (Å²) in [5.41, 5.74) is 1.43. The van der Waals surface area contributed by atoms with E-state index in [1.54, 1.807) is 11.8 Å². The highest BCUT2D eigenvalue weighted by Crippen LogP contribution is 2.41. The van der Waals surface area contributed by atoms with Crippen LogP contribution in [0.15, 0.2) is 22.6 Å². The number of fused-ring (bicyclic) bond motifs is 1. The van der Waals surface area contributed by atoms with Crippen molar-refractivity contribution < 1.29 is 14.3 Å². The number of rotatable bonds is 2. The van der Waals surface area contributed by atoms with Crippen molar-refractivity contribution >= 4 is 22.8 Å². The average molecular weight is 329 g/mol. The summed E-state index contributed by atoms with van der Waals surface area (Å²) in [6.07, 6.45) is 4.79. The summed E-state index contributed by atoms with van der Waals surface area (Å²) in [5.74, 6) is 1.00. The molecule has 1 saturated heterocycles. The Morgan fingerprint density at radius 1 is 1.38 bits per heavy atom. The lowest BCUT2D eigenvalue weighted by atomic mass is 9.69. The van der Waals surface area contributed by atoms with Crippen LogP contribution in [0.3, 0.4) is 0 Å². The van der Waals surface area contributed by atoms with Crippen LogP contribution in [-0.2, 0) is 0 Å². The van der Waals surface area contributed by atoms with E-state index in [1.165, 1.54) is 6.42 Å². The first-order valence-electron chi connectivity index (χ1n) is 8.70. The largest absolute Gasteiger partial charge is 0.441 e. The number of nitrogens with zero attached hydrogens (tertiary/aromatic N) is 2. The Morgan fingerprint density at radius 2 is 2.12 bits per heavy atom. The van der Waals surface area contributed by atoms with Crippen LogP contribution in [0.4, 0.5) is 10.5 Å². The second-order valence-electron chi connectivity index (χ2n) is 7.03. The fourth-order valence-electron chi connectivity index (χ4n) is 3.81. The van der Waals surface area contributed by atoms with Gasteiger partial charge in [-0.2, -0.15) is 0 Å². The number of oxazole rings is 1. The van der Waals surface area contributed by atoms with Gasteiger partial charge in [-0.25, -0.2) is 9.78 Å². The maximum absolute atomic E-state index is 12.6. The number of anilines is 1. The Kier molecular flexibility index (Phi) is 3.72. The summed E-state index contributed by atoms with van der Waals surface area (Å²) in [5, 5.41) is 13.7. The Labute approximate surface area is 140 Å². The van der Waals surface area contributed by atoms with Crippen molar-refractivity contribution in [1.29, 1.82) is 0 Å². The van der Waals surface area contributed by atoms with Gasteiger partial charge in [-0.15, -0.1) is 0 Å². The summed E-state index contributed by atoms with van der Waals surface area (Å²) in [6, 6.07) is 5.37. The average Bonchev–Trinajstić information content (AvgIpc) is 2.87. The van der Waals surface area contributed by atoms with Gasteiger partial charge in [0.25, 0.3) is 0 Å². The molecule has 1 aromatic carbocycles. The smallest absolute Gasteiger partial charge is 0.321 e. The molecule has 2 fully saturated rings. The first-order valence-corrected chi connectivity index (χ1v) is 8.70. The predicted molar refractivity (Wildman–Crippen MR) is 90.9 cm³/mol. The summed E-state index contributed by atoms with van der Waals surface area (Å²) < 4.78 is 5.50. The molecule has 2 heterocycles. The van der Waals surface area contributed by atoms with E-state index in [1.807, 2.05) is 18.2 Å². The van der Waals surface area contributed by atoms with Crippen molar-refractivity contribution in [2.75, 3.05) is 18.4 Å². The monoisotopic (exact) mass is 329 g/mol. The van der Waals surface area contributed by atoms with Gasteiger partial charge in [0.2, 0.25) is 0 Å². The number of aryl methyl sites for hydroxylation is 1. The van der Waals surface area contributed by atoms with Crippen molar-refractivity contribution in [1.82, 2.24) is 9.88 Å². The van der Waals surface area contributed by atoms with Gasteiger partial charge in [0.1, 0.15) is 5.52 Å². The molecule has 0 bridgehead atoms. The highest BCUT2D eigenvalue weighted by atomic mass is 16.3. The zero-order valence-electron chi connectivity index (χ0n) is 13.9. The topological polar surface area (TPSA) is 78.6 Å². The van der Waals surface area contributed by atoms with E-state index in [0.29, 0.717) is 54.5 Å². The molecule has 2 aliphatic rings. The molecule has 4 rings (SSSR count). The number of aromatic nitrogens is 1. The van der Waals surface area contributed by atoms with Gasteiger partial charge in [0.15, 0.2) is 11.5 Å².